The van der Waals surface area contributed by atoms with Gasteiger partial charge in [-0.25, -0.2) is 9.59 Å². The van der Waals surface area contributed by atoms with Crippen LogP contribution < -0.4 is 5.73 Å². The van der Waals surface area contributed by atoms with E-state index in [-0.39, 0.29) is 11.1 Å². The highest BCUT2D eigenvalue weighted by molar-refractivity contribution is 5.94. The van der Waals surface area contributed by atoms with Crippen molar-refractivity contribution >= 4 is 17.6 Å². The van der Waals surface area contributed by atoms with Crippen molar-refractivity contribution in [3.63, 3.8) is 0 Å². The molecule has 0 spiro atoms. The zero-order valence-corrected chi connectivity index (χ0v) is 15.1. The zero-order chi connectivity index (χ0) is 20.0. The summed E-state index contributed by atoms with van der Waals surface area (Å²) in [5.41, 5.74) is 9.40. The summed E-state index contributed by atoms with van der Waals surface area (Å²) in [7, 11) is 0. The molecule has 1 aromatic heterocycles. The molecule has 0 saturated carbocycles. The number of aromatic carboxylic acids is 2. The third kappa shape index (κ3) is 6.00. The summed E-state index contributed by atoms with van der Waals surface area (Å²) in [5.74, 6) is -2.24. The van der Waals surface area contributed by atoms with Gasteiger partial charge in [-0.05, 0) is 43.2 Å². The van der Waals surface area contributed by atoms with Gasteiger partial charge in [0.05, 0.1) is 29.6 Å². The van der Waals surface area contributed by atoms with E-state index < -0.39 is 11.9 Å². The van der Waals surface area contributed by atoms with Crippen LogP contribution in [-0.4, -0.2) is 31.9 Å². The van der Waals surface area contributed by atoms with E-state index in [0.29, 0.717) is 11.3 Å². The Kier molecular flexibility index (Phi) is 6.32. The third-order valence-electron chi connectivity index (χ3n) is 3.69. The van der Waals surface area contributed by atoms with Crippen molar-refractivity contribution in [2.45, 2.75) is 20.4 Å². The molecule has 0 atom stereocenters. The summed E-state index contributed by atoms with van der Waals surface area (Å²) < 4.78 is 1.83. The lowest BCUT2D eigenvalue weighted by Gasteiger charge is -2.01. The Hall–Kier alpha value is -3.61. The number of carbonyl (C=O) groups is 2. The second-order valence-corrected chi connectivity index (χ2v) is 6.15. The number of anilines is 1. The summed E-state index contributed by atoms with van der Waals surface area (Å²) in [5, 5.41) is 21.4. The number of aromatic nitrogens is 2. The van der Waals surface area contributed by atoms with E-state index in [0.717, 1.165) is 12.6 Å². The summed E-state index contributed by atoms with van der Waals surface area (Å²) >= 11 is 0. The minimum atomic E-state index is -1.12. The van der Waals surface area contributed by atoms with Crippen molar-refractivity contribution in [1.82, 2.24) is 9.78 Å². The first kappa shape index (κ1) is 19.7. The Bertz CT molecular complexity index is 914. The predicted octanol–water partition coefficient (Wildman–Crippen LogP) is 3.21. The molecule has 3 aromatic rings. The SMILES string of the molecule is Cc1cc(C(=O)O)cc(C(=O)O)c1.Cc1ccc(Cn2cc(N)cn2)cc1. The number of nitrogens with two attached hydrogens (primary N) is 1. The molecule has 2 aromatic carbocycles. The van der Waals surface area contributed by atoms with Gasteiger partial charge in [-0.2, -0.15) is 5.10 Å². The van der Waals surface area contributed by atoms with Gasteiger partial charge in [-0.15, -0.1) is 0 Å². The molecule has 140 valence electrons. The second kappa shape index (κ2) is 8.66. The quantitative estimate of drug-likeness (QED) is 0.651. The molecule has 0 aliphatic heterocycles. The normalized spacial score (nSPS) is 10.0. The van der Waals surface area contributed by atoms with Gasteiger partial charge in [0.1, 0.15) is 0 Å². The highest BCUT2D eigenvalue weighted by atomic mass is 16.4. The first-order valence-corrected chi connectivity index (χ1v) is 8.16. The maximum atomic E-state index is 10.5. The Balaban J connectivity index is 0.000000194. The van der Waals surface area contributed by atoms with Gasteiger partial charge in [0.25, 0.3) is 0 Å². The number of carboxylic acids is 2. The molecule has 7 heteroatoms. The molecule has 3 rings (SSSR count). The average Bonchev–Trinajstić information content (AvgIpc) is 3.02. The van der Waals surface area contributed by atoms with E-state index in [1.54, 1.807) is 13.1 Å². The Morgan fingerprint density at radius 2 is 1.52 bits per heavy atom. The second-order valence-electron chi connectivity index (χ2n) is 6.15. The van der Waals surface area contributed by atoms with Crippen molar-refractivity contribution in [3.8, 4) is 0 Å². The van der Waals surface area contributed by atoms with E-state index >= 15 is 0 Å². The number of carboxylic acid groups (broad SMARTS) is 2. The van der Waals surface area contributed by atoms with E-state index in [2.05, 4.69) is 36.3 Å². The minimum absolute atomic E-state index is 0.00241. The van der Waals surface area contributed by atoms with E-state index in [1.165, 1.54) is 23.3 Å². The number of nitrogens with zero attached hydrogens (tertiary/aromatic N) is 2. The van der Waals surface area contributed by atoms with Gasteiger partial charge < -0.3 is 15.9 Å². The first-order valence-electron chi connectivity index (χ1n) is 8.16. The standard InChI is InChI=1S/C11H13N3.C9H8O4/c1-9-2-4-10(5-3-9)7-14-8-11(12)6-13-14;1-5-2-6(8(10)11)4-7(3-5)9(12)13/h2-6,8H,7,12H2,1H3;2-4H,1H3,(H,10,11)(H,12,13). The van der Waals surface area contributed by atoms with Crippen LogP contribution in [0.2, 0.25) is 0 Å². The molecule has 0 aliphatic carbocycles. The summed E-state index contributed by atoms with van der Waals surface area (Å²) in [6.45, 7) is 4.51. The van der Waals surface area contributed by atoms with Crippen LogP contribution in [0.1, 0.15) is 37.4 Å². The molecule has 0 unspecified atom stereocenters. The van der Waals surface area contributed by atoms with Crippen LogP contribution in [-0.2, 0) is 6.54 Å². The highest BCUT2D eigenvalue weighted by Crippen LogP contribution is 2.10. The summed E-state index contributed by atoms with van der Waals surface area (Å²) in [6, 6.07) is 12.4. The van der Waals surface area contributed by atoms with Crippen molar-refractivity contribution in [3.05, 3.63) is 82.7 Å². The Morgan fingerprint density at radius 3 is 1.96 bits per heavy atom. The topological polar surface area (TPSA) is 118 Å². The number of hydrogen-bond acceptors (Lipinski definition) is 4. The number of hydrogen-bond donors (Lipinski definition) is 3. The fourth-order valence-corrected chi connectivity index (χ4v) is 2.38. The minimum Gasteiger partial charge on any atom is -0.478 e. The number of rotatable bonds is 4. The zero-order valence-electron chi connectivity index (χ0n) is 15.1. The van der Waals surface area contributed by atoms with E-state index in [9.17, 15) is 9.59 Å². The Labute approximate surface area is 156 Å². The number of benzene rings is 2. The van der Waals surface area contributed by atoms with Crippen LogP contribution in [0.15, 0.2) is 54.9 Å². The Morgan fingerprint density at radius 1 is 0.963 bits per heavy atom. The third-order valence-corrected chi connectivity index (χ3v) is 3.69. The largest absolute Gasteiger partial charge is 0.478 e. The molecule has 27 heavy (non-hydrogen) atoms. The first-order chi connectivity index (χ1) is 12.7. The highest BCUT2D eigenvalue weighted by Gasteiger charge is 2.09. The number of nitrogen functional groups attached to an aromatic ring is 1. The number of aryl methyl sites for hydroxylation is 2. The lowest BCUT2D eigenvalue weighted by molar-refractivity contribution is 0.0696. The van der Waals surface area contributed by atoms with Crippen LogP contribution in [0.3, 0.4) is 0 Å². The fourth-order valence-electron chi connectivity index (χ4n) is 2.38. The van der Waals surface area contributed by atoms with Gasteiger partial charge >= 0.3 is 11.9 Å². The van der Waals surface area contributed by atoms with Gasteiger partial charge in [0.2, 0.25) is 0 Å². The van der Waals surface area contributed by atoms with Gasteiger partial charge in [-0.1, -0.05) is 29.8 Å². The molecule has 0 saturated heterocycles. The summed E-state index contributed by atoms with van der Waals surface area (Å²) in [6.07, 6.45) is 3.49. The van der Waals surface area contributed by atoms with E-state index in [4.69, 9.17) is 15.9 Å². The van der Waals surface area contributed by atoms with Crippen molar-refractivity contribution in [2.24, 2.45) is 0 Å². The van der Waals surface area contributed by atoms with Crippen LogP contribution in [0.5, 0.6) is 0 Å². The van der Waals surface area contributed by atoms with Crippen LogP contribution >= 0.6 is 0 Å². The monoisotopic (exact) mass is 367 g/mol. The van der Waals surface area contributed by atoms with Crippen molar-refractivity contribution in [1.29, 1.82) is 0 Å². The molecule has 0 radical (unpaired) electrons. The molecule has 0 fully saturated rings. The fraction of sp³-hybridized carbons (Fsp3) is 0.150. The van der Waals surface area contributed by atoms with Crippen LogP contribution in [0.4, 0.5) is 5.69 Å². The molecule has 1 heterocycles. The van der Waals surface area contributed by atoms with Gasteiger partial charge in [-0.3, -0.25) is 4.68 Å². The summed E-state index contributed by atoms with van der Waals surface area (Å²) in [4.78, 5) is 21.1. The maximum absolute atomic E-state index is 10.5. The molecular formula is C20H21N3O4. The van der Waals surface area contributed by atoms with Crippen molar-refractivity contribution < 1.29 is 19.8 Å². The lowest BCUT2D eigenvalue weighted by atomic mass is 10.1. The van der Waals surface area contributed by atoms with E-state index in [1.807, 2.05) is 10.9 Å². The molecule has 4 N–H and O–H groups in total. The molecule has 0 aliphatic rings. The lowest BCUT2D eigenvalue weighted by Crippen LogP contribution is -2.02. The van der Waals surface area contributed by atoms with Gasteiger partial charge in [0, 0.05) is 6.20 Å². The van der Waals surface area contributed by atoms with Crippen LogP contribution in [0.25, 0.3) is 0 Å². The van der Waals surface area contributed by atoms with Crippen molar-refractivity contribution in [2.75, 3.05) is 5.73 Å². The maximum Gasteiger partial charge on any atom is 0.335 e. The predicted molar refractivity (Wildman–Crippen MR) is 102 cm³/mol. The molecule has 7 nitrogen and oxygen atoms in total. The van der Waals surface area contributed by atoms with Gasteiger partial charge in [0.15, 0.2) is 0 Å². The molecule has 0 amide bonds. The molecular weight excluding hydrogens is 346 g/mol. The average molecular weight is 367 g/mol. The van der Waals surface area contributed by atoms with Crippen LogP contribution in [0, 0.1) is 13.8 Å². The smallest absolute Gasteiger partial charge is 0.335 e. The molecule has 0 bridgehead atoms.